The van der Waals surface area contributed by atoms with Crippen molar-refractivity contribution in [2.45, 2.75) is 63.1 Å². The molecule has 1 amide bonds. The summed E-state index contributed by atoms with van der Waals surface area (Å²) in [5, 5.41) is 12.4. The van der Waals surface area contributed by atoms with Crippen molar-refractivity contribution in [3.05, 3.63) is 30.1 Å². The highest BCUT2D eigenvalue weighted by molar-refractivity contribution is 7.99. The van der Waals surface area contributed by atoms with E-state index >= 15 is 0 Å². The molecule has 0 bridgehead atoms. The molecule has 1 aromatic carbocycles. The van der Waals surface area contributed by atoms with Crippen molar-refractivity contribution in [2.24, 2.45) is 0 Å². The van der Waals surface area contributed by atoms with Crippen molar-refractivity contribution < 1.29 is 4.79 Å². The van der Waals surface area contributed by atoms with Crippen LogP contribution in [0.2, 0.25) is 0 Å². The Balaban J connectivity index is 1.30. The van der Waals surface area contributed by atoms with Gasteiger partial charge in [-0.2, -0.15) is 0 Å². The molecule has 1 N–H and O–H groups in total. The van der Waals surface area contributed by atoms with Gasteiger partial charge < -0.3 is 14.8 Å². The zero-order valence-corrected chi connectivity index (χ0v) is 17.2. The molecular formula is C21H29N5OS. The standard InChI is InChI=1S/C21H29N5OS/c27-20(16-28-21-24-23-19-8-4-3-7-15-26(19)21)22-17-9-11-18(12-10-17)25-13-5-1-2-6-14-25/h9-12H,1-8,13-16H2,(H,22,27). The summed E-state index contributed by atoms with van der Waals surface area (Å²) in [6.07, 6.45) is 9.76. The molecule has 1 fully saturated rings. The van der Waals surface area contributed by atoms with Gasteiger partial charge in [-0.05, 0) is 49.9 Å². The molecule has 2 aromatic rings. The first-order chi connectivity index (χ1) is 13.8. The number of fused-ring (bicyclic) bond motifs is 1. The van der Waals surface area contributed by atoms with Crippen LogP contribution in [0.15, 0.2) is 29.4 Å². The predicted molar refractivity (Wildman–Crippen MR) is 114 cm³/mol. The maximum atomic E-state index is 12.4. The van der Waals surface area contributed by atoms with Gasteiger partial charge in [-0.1, -0.05) is 31.0 Å². The van der Waals surface area contributed by atoms with Crippen molar-refractivity contribution in [1.82, 2.24) is 14.8 Å². The highest BCUT2D eigenvalue weighted by Gasteiger charge is 2.16. The SMILES string of the molecule is O=C(CSc1nnc2n1CCCCC2)Nc1ccc(N2CCCCCC2)cc1. The van der Waals surface area contributed by atoms with Gasteiger partial charge in [0.25, 0.3) is 0 Å². The lowest BCUT2D eigenvalue weighted by Crippen LogP contribution is -2.23. The second-order valence-electron chi connectivity index (χ2n) is 7.65. The molecule has 2 aliphatic heterocycles. The highest BCUT2D eigenvalue weighted by Crippen LogP contribution is 2.23. The second kappa shape index (κ2) is 9.45. The van der Waals surface area contributed by atoms with E-state index in [1.165, 1.54) is 56.0 Å². The van der Waals surface area contributed by atoms with Crippen molar-refractivity contribution >= 4 is 29.0 Å². The molecule has 7 heteroatoms. The summed E-state index contributed by atoms with van der Waals surface area (Å²) in [5.74, 6) is 1.41. The van der Waals surface area contributed by atoms with E-state index in [-0.39, 0.29) is 5.91 Å². The summed E-state index contributed by atoms with van der Waals surface area (Å²) in [6.45, 7) is 3.22. The predicted octanol–water partition coefficient (Wildman–Crippen LogP) is 4.12. The number of nitrogens with one attached hydrogen (secondary N) is 1. The van der Waals surface area contributed by atoms with E-state index in [0.717, 1.165) is 49.1 Å². The van der Waals surface area contributed by atoms with Crippen LogP contribution < -0.4 is 10.2 Å². The molecule has 0 aliphatic carbocycles. The molecule has 3 heterocycles. The number of carbonyl (C=O) groups is 1. The molecule has 6 nitrogen and oxygen atoms in total. The summed E-state index contributed by atoms with van der Waals surface area (Å²) in [6, 6.07) is 8.25. The fourth-order valence-electron chi connectivity index (χ4n) is 3.98. The lowest BCUT2D eigenvalue weighted by atomic mass is 10.2. The topological polar surface area (TPSA) is 63.1 Å². The first kappa shape index (κ1) is 19.3. The van der Waals surface area contributed by atoms with Crippen molar-refractivity contribution in [3.8, 4) is 0 Å². The number of aryl methyl sites for hydroxylation is 1. The van der Waals surface area contributed by atoms with E-state index in [2.05, 4.69) is 37.1 Å². The Hall–Kier alpha value is -2.02. The summed E-state index contributed by atoms with van der Waals surface area (Å²) < 4.78 is 2.18. The van der Waals surface area contributed by atoms with Crippen LogP contribution in [0, 0.1) is 0 Å². The Kier molecular flexibility index (Phi) is 6.52. The van der Waals surface area contributed by atoms with E-state index in [1.54, 1.807) is 0 Å². The first-order valence-electron chi connectivity index (χ1n) is 10.5. The maximum Gasteiger partial charge on any atom is 0.234 e. The molecule has 0 spiro atoms. The molecular weight excluding hydrogens is 370 g/mol. The van der Waals surface area contributed by atoms with Gasteiger partial charge in [0.05, 0.1) is 5.75 Å². The van der Waals surface area contributed by atoms with Crippen molar-refractivity contribution in [2.75, 3.05) is 29.1 Å². The second-order valence-corrected chi connectivity index (χ2v) is 8.59. The first-order valence-corrected chi connectivity index (χ1v) is 11.5. The zero-order chi connectivity index (χ0) is 19.2. The molecule has 1 aromatic heterocycles. The average Bonchev–Trinajstić information content (AvgIpc) is 2.92. The summed E-state index contributed by atoms with van der Waals surface area (Å²) in [7, 11) is 0. The van der Waals surface area contributed by atoms with Gasteiger partial charge in [-0.25, -0.2) is 0 Å². The van der Waals surface area contributed by atoms with Gasteiger partial charge in [-0.3, -0.25) is 4.79 Å². The molecule has 150 valence electrons. The van der Waals surface area contributed by atoms with Gasteiger partial charge in [0.1, 0.15) is 5.82 Å². The normalized spacial score (nSPS) is 17.5. The quantitative estimate of drug-likeness (QED) is 0.767. The minimum Gasteiger partial charge on any atom is -0.372 e. The van der Waals surface area contributed by atoms with Gasteiger partial charge in [-0.15, -0.1) is 10.2 Å². The molecule has 0 unspecified atom stereocenters. The van der Waals surface area contributed by atoms with Gasteiger partial charge in [0.15, 0.2) is 5.16 Å². The van der Waals surface area contributed by atoms with Crippen LogP contribution in [-0.4, -0.2) is 39.5 Å². The third-order valence-electron chi connectivity index (χ3n) is 5.53. The minimum absolute atomic E-state index is 0.00139. The number of rotatable bonds is 5. The van der Waals surface area contributed by atoms with Gasteiger partial charge in [0.2, 0.25) is 5.91 Å². The number of hydrogen-bond acceptors (Lipinski definition) is 5. The number of aromatic nitrogens is 3. The number of thioether (sulfide) groups is 1. The summed E-state index contributed by atoms with van der Waals surface area (Å²) >= 11 is 1.48. The number of benzene rings is 1. The maximum absolute atomic E-state index is 12.4. The van der Waals surface area contributed by atoms with Crippen molar-refractivity contribution in [3.63, 3.8) is 0 Å². The molecule has 0 radical (unpaired) electrons. The summed E-state index contributed by atoms with van der Waals surface area (Å²) in [5.41, 5.74) is 2.10. The largest absolute Gasteiger partial charge is 0.372 e. The number of nitrogens with zero attached hydrogens (tertiary/aromatic N) is 4. The van der Waals surface area contributed by atoms with E-state index in [4.69, 9.17) is 0 Å². The zero-order valence-electron chi connectivity index (χ0n) is 16.4. The van der Waals surface area contributed by atoms with Crippen molar-refractivity contribution in [1.29, 1.82) is 0 Å². The number of amides is 1. The molecule has 2 aliphatic rings. The van der Waals surface area contributed by atoms with Gasteiger partial charge >= 0.3 is 0 Å². The lowest BCUT2D eigenvalue weighted by molar-refractivity contribution is -0.113. The third-order valence-corrected chi connectivity index (χ3v) is 6.50. The Labute approximate surface area is 171 Å². The van der Waals surface area contributed by atoms with Crippen LogP contribution in [0.25, 0.3) is 0 Å². The van der Waals surface area contributed by atoms with Crippen LogP contribution in [0.5, 0.6) is 0 Å². The molecule has 0 atom stereocenters. The number of carbonyl (C=O) groups excluding carboxylic acids is 1. The van der Waals surface area contributed by atoms with Crippen LogP contribution >= 0.6 is 11.8 Å². The fourth-order valence-corrected chi connectivity index (χ4v) is 4.76. The third kappa shape index (κ3) is 4.87. The van der Waals surface area contributed by atoms with E-state index in [9.17, 15) is 4.79 Å². The van der Waals surface area contributed by atoms with Crippen LogP contribution in [0.4, 0.5) is 11.4 Å². The molecule has 4 rings (SSSR count). The van der Waals surface area contributed by atoms with E-state index in [0.29, 0.717) is 5.75 Å². The minimum atomic E-state index is -0.00139. The fraction of sp³-hybridized carbons (Fsp3) is 0.571. The van der Waals surface area contributed by atoms with E-state index < -0.39 is 0 Å². The Morgan fingerprint density at radius 2 is 1.64 bits per heavy atom. The Morgan fingerprint density at radius 1 is 0.929 bits per heavy atom. The Morgan fingerprint density at radius 3 is 2.43 bits per heavy atom. The number of hydrogen-bond donors (Lipinski definition) is 1. The highest BCUT2D eigenvalue weighted by atomic mass is 32.2. The average molecular weight is 400 g/mol. The lowest BCUT2D eigenvalue weighted by Gasteiger charge is -2.22. The molecule has 0 saturated carbocycles. The monoisotopic (exact) mass is 399 g/mol. The van der Waals surface area contributed by atoms with Gasteiger partial charge in [0, 0.05) is 37.4 Å². The summed E-state index contributed by atoms with van der Waals surface area (Å²) in [4.78, 5) is 14.8. The Bertz CT molecular complexity index is 781. The van der Waals surface area contributed by atoms with E-state index in [1.807, 2.05) is 12.1 Å². The van der Waals surface area contributed by atoms with Crippen LogP contribution in [0.1, 0.15) is 50.8 Å². The molecule has 1 saturated heterocycles. The van der Waals surface area contributed by atoms with Crippen LogP contribution in [0.3, 0.4) is 0 Å². The molecule has 28 heavy (non-hydrogen) atoms. The smallest absolute Gasteiger partial charge is 0.234 e. The van der Waals surface area contributed by atoms with Crippen LogP contribution in [-0.2, 0) is 17.8 Å². The number of anilines is 2.